The van der Waals surface area contributed by atoms with Gasteiger partial charge in [0.05, 0.1) is 7.11 Å². The van der Waals surface area contributed by atoms with E-state index in [2.05, 4.69) is 15.7 Å². The van der Waals surface area contributed by atoms with Crippen LogP contribution in [0.1, 0.15) is 18.9 Å². The molecule has 2 rings (SSSR count). The maximum atomic E-state index is 12.1. The van der Waals surface area contributed by atoms with Crippen LogP contribution in [0.2, 0.25) is 0 Å². The van der Waals surface area contributed by atoms with Crippen molar-refractivity contribution in [2.24, 2.45) is 0 Å². The number of para-hydroxylation sites is 1. The minimum Gasteiger partial charge on any atom is -0.496 e. The van der Waals surface area contributed by atoms with E-state index >= 15 is 0 Å². The van der Waals surface area contributed by atoms with E-state index < -0.39 is 10.2 Å². The van der Waals surface area contributed by atoms with E-state index in [-0.39, 0.29) is 0 Å². The molecule has 0 unspecified atom stereocenters. The lowest BCUT2D eigenvalue weighted by Crippen LogP contribution is -2.52. The van der Waals surface area contributed by atoms with E-state index in [1.807, 2.05) is 25.1 Å². The molecule has 0 spiro atoms. The molecular formula is C16H27N3O3S. The second kappa shape index (κ2) is 8.63. The normalized spacial score (nSPS) is 17.3. The highest BCUT2D eigenvalue weighted by Crippen LogP contribution is 2.18. The first kappa shape index (κ1) is 18.2. The summed E-state index contributed by atoms with van der Waals surface area (Å²) >= 11 is 0. The largest absolute Gasteiger partial charge is 0.496 e. The SMILES string of the molecule is CCCNS(=O)(=O)N1CCN(CCc2ccccc2OC)CC1. The Labute approximate surface area is 139 Å². The van der Waals surface area contributed by atoms with Crippen LogP contribution in [0.25, 0.3) is 0 Å². The zero-order valence-corrected chi connectivity index (χ0v) is 14.8. The highest BCUT2D eigenvalue weighted by atomic mass is 32.2. The van der Waals surface area contributed by atoms with E-state index in [4.69, 9.17) is 4.74 Å². The zero-order chi connectivity index (χ0) is 16.7. The first-order valence-corrected chi connectivity index (χ1v) is 9.60. The summed E-state index contributed by atoms with van der Waals surface area (Å²) in [5.74, 6) is 0.914. The lowest BCUT2D eigenvalue weighted by molar-refractivity contribution is 0.188. The van der Waals surface area contributed by atoms with Crippen LogP contribution in [0, 0.1) is 0 Å². The number of nitrogens with one attached hydrogen (secondary N) is 1. The molecule has 1 fully saturated rings. The minimum absolute atomic E-state index is 0.496. The second-order valence-corrected chi connectivity index (χ2v) is 7.46. The van der Waals surface area contributed by atoms with Gasteiger partial charge < -0.3 is 9.64 Å². The fraction of sp³-hybridized carbons (Fsp3) is 0.625. The average molecular weight is 341 g/mol. The standard InChI is InChI=1S/C16H27N3O3S/c1-3-9-17-23(20,21)19-13-11-18(12-14-19)10-8-15-6-4-5-7-16(15)22-2/h4-7,17H,3,8-14H2,1-2H3. The number of hydrogen-bond acceptors (Lipinski definition) is 4. The highest BCUT2D eigenvalue weighted by Gasteiger charge is 2.26. The molecule has 7 heteroatoms. The van der Waals surface area contributed by atoms with E-state index in [0.717, 1.165) is 38.2 Å². The van der Waals surface area contributed by atoms with Crippen molar-refractivity contribution in [3.63, 3.8) is 0 Å². The summed E-state index contributed by atoms with van der Waals surface area (Å²) in [4.78, 5) is 2.30. The fourth-order valence-electron chi connectivity index (χ4n) is 2.70. The van der Waals surface area contributed by atoms with Crippen LogP contribution in [0.5, 0.6) is 5.75 Å². The summed E-state index contributed by atoms with van der Waals surface area (Å²) in [7, 11) is -1.62. The third-order valence-electron chi connectivity index (χ3n) is 4.10. The van der Waals surface area contributed by atoms with Gasteiger partial charge in [-0.15, -0.1) is 0 Å². The van der Waals surface area contributed by atoms with Gasteiger partial charge in [-0.25, -0.2) is 4.72 Å². The number of ether oxygens (including phenoxy) is 1. The van der Waals surface area contributed by atoms with Gasteiger partial charge in [-0.2, -0.15) is 12.7 Å². The first-order chi connectivity index (χ1) is 11.1. The molecule has 1 aliphatic heterocycles. The van der Waals surface area contributed by atoms with Gasteiger partial charge >= 0.3 is 0 Å². The van der Waals surface area contributed by atoms with Crippen molar-refractivity contribution in [2.45, 2.75) is 19.8 Å². The fourth-order valence-corrected chi connectivity index (χ4v) is 3.99. The number of piperazine rings is 1. The molecule has 1 aromatic carbocycles. The first-order valence-electron chi connectivity index (χ1n) is 8.16. The molecule has 0 aliphatic carbocycles. The summed E-state index contributed by atoms with van der Waals surface area (Å²) in [5, 5.41) is 0. The quantitative estimate of drug-likeness (QED) is 0.769. The molecule has 0 aromatic heterocycles. The second-order valence-electron chi connectivity index (χ2n) is 5.70. The summed E-state index contributed by atoms with van der Waals surface area (Å²) in [6.07, 6.45) is 1.71. The lowest BCUT2D eigenvalue weighted by Gasteiger charge is -2.34. The molecule has 0 amide bonds. The number of benzene rings is 1. The van der Waals surface area contributed by atoms with Gasteiger partial charge in [0.15, 0.2) is 0 Å². The molecule has 1 N–H and O–H groups in total. The van der Waals surface area contributed by atoms with Crippen LogP contribution in [0.15, 0.2) is 24.3 Å². The molecule has 0 saturated carbocycles. The van der Waals surface area contributed by atoms with Crippen LogP contribution < -0.4 is 9.46 Å². The van der Waals surface area contributed by atoms with E-state index in [0.29, 0.717) is 19.6 Å². The molecule has 1 aliphatic rings. The molecule has 1 aromatic rings. The molecule has 1 heterocycles. The molecule has 0 atom stereocenters. The van der Waals surface area contributed by atoms with Gasteiger partial charge in [0, 0.05) is 39.3 Å². The average Bonchev–Trinajstić information content (AvgIpc) is 2.59. The summed E-state index contributed by atoms with van der Waals surface area (Å²) in [6, 6.07) is 8.03. The summed E-state index contributed by atoms with van der Waals surface area (Å²) < 4.78 is 33.7. The molecule has 6 nitrogen and oxygen atoms in total. The van der Waals surface area contributed by atoms with Gasteiger partial charge in [0.1, 0.15) is 5.75 Å². The van der Waals surface area contributed by atoms with Crippen molar-refractivity contribution in [3.8, 4) is 5.75 Å². The zero-order valence-electron chi connectivity index (χ0n) is 14.0. The summed E-state index contributed by atoms with van der Waals surface area (Å²) in [6.45, 7) is 5.99. The monoisotopic (exact) mass is 341 g/mol. The van der Waals surface area contributed by atoms with Gasteiger partial charge in [-0.3, -0.25) is 0 Å². The smallest absolute Gasteiger partial charge is 0.279 e. The number of rotatable bonds is 8. The van der Waals surface area contributed by atoms with Gasteiger partial charge in [0.2, 0.25) is 0 Å². The number of hydrogen-bond donors (Lipinski definition) is 1. The topological polar surface area (TPSA) is 61.9 Å². The Bertz CT molecular complexity index is 584. The summed E-state index contributed by atoms with van der Waals surface area (Å²) in [5.41, 5.74) is 1.19. The van der Waals surface area contributed by atoms with Crippen LogP contribution >= 0.6 is 0 Å². The van der Waals surface area contributed by atoms with Gasteiger partial charge in [0.25, 0.3) is 10.2 Å². The van der Waals surface area contributed by atoms with Crippen molar-refractivity contribution in [3.05, 3.63) is 29.8 Å². The Hall–Kier alpha value is -1.15. The predicted octanol–water partition coefficient (Wildman–Crippen LogP) is 1.10. The van der Waals surface area contributed by atoms with Crippen LogP contribution in [-0.2, 0) is 16.6 Å². The van der Waals surface area contributed by atoms with E-state index in [9.17, 15) is 8.42 Å². The van der Waals surface area contributed by atoms with Crippen LogP contribution in [0.3, 0.4) is 0 Å². The molecular weight excluding hydrogens is 314 g/mol. The van der Waals surface area contributed by atoms with Crippen molar-refractivity contribution < 1.29 is 13.2 Å². The van der Waals surface area contributed by atoms with Gasteiger partial charge in [-0.05, 0) is 24.5 Å². The lowest BCUT2D eigenvalue weighted by atomic mass is 10.1. The van der Waals surface area contributed by atoms with E-state index in [1.54, 1.807) is 11.4 Å². The maximum Gasteiger partial charge on any atom is 0.279 e. The van der Waals surface area contributed by atoms with Crippen LogP contribution in [-0.4, -0.2) is 64.0 Å². The predicted molar refractivity (Wildman–Crippen MR) is 91.9 cm³/mol. The van der Waals surface area contributed by atoms with E-state index in [1.165, 1.54) is 5.56 Å². The molecule has 130 valence electrons. The number of nitrogens with zero attached hydrogens (tertiary/aromatic N) is 2. The number of methoxy groups -OCH3 is 1. The van der Waals surface area contributed by atoms with Crippen molar-refractivity contribution in [2.75, 3.05) is 46.4 Å². The minimum atomic E-state index is -3.31. The Morgan fingerprint density at radius 1 is 1.17 bits per heavy atom. The van der Waals surface area contributed by atoms with Crippen molar-refractivity contribution in [1.29, 1.82) is 0 Å². The Morgan fingerprint density at radius 2 is 1.87 bits per heavy atom. The third-order valence-corrected chi connectivity index (χ3v) is 5.71. The molecule has 1 saturated heterocycles. The molecule has 23 heavy (non-hydrogen) atoms. The van der Waals surface area contributed by atoms with Crippen LogP contribution in [0.4, 0.5) is 0 Å². The third kappa shape index (κ3) is 5.17. The Kier molecular flexibility index (Phi) is 6.83. The van der Waals surface area contributed by atoms with Crippen molar-refractivity contribution in [1.82, 2.24) is 13.9 Å². The maximum absolute atomic E-state index is 12.1. The van der Waals surface area contributed by atoms with Crippen molar-refractivity contribution >= 4 is 10.2 Å². The highest BCUT2D eigenvalue weighted by molar-refractivity contribution is 7.87. The van der Waals surface area contributed by atoms with Gasteiger partial charge in [-0.1, -0.05) is 25.1 Å². The molecule has 0 bridgehead atoms. The Morgan fingerprint density at radius 3 is 2.52 bits per heavy atom. The molecule has 0 radical (unpaired) electrons. The Balaban J connectivity index is 1.81.